The lowest BCUT2D eigenvalue weighted by Crippen LogP contribution is -2.32. The molecule has 1 aliphatic carbocycles. The van der Waals surface area contributed by atoms with Gasteiger partial charge in [0.25, 0.3) is 5.56 Å². The molecule has 1 atom stereocenters. The smallest absolute Gasteiger partial charge is 0.291 e. The van der Waals surface area contributed by atoms with Crippen molar-refractivity contribution >= 4 is 21.6 Å². The Kier molecular flexibility index (Phi) is 4.95. The number of nitrogens with zero attached hydrogens (tertiary/aromatic N) is 2. The molecule has 5 nitrogen and oxygen atoms in total. The first-order valence-corrected chi connectivity index (χ1v) is 8.60. The van der Waals surface area contributed by atoms with Crippen molar-refractivity contribution < 1.29 is 4.74 Å². The van der Waals surface area contributed by atoms with Crippen LogP contribution in [-0.4, -0.2) is 29.5 Å². The van der Waals surface area contributed by atoms with E-state index in [9.17, 15) is 4.79 Å². The molecule has 116 valence electrons. The number of rotatable bonds is 5. The van der Waals surface area contributed by atoms with E-state index in [1.807, 2.05) is 0 Å². The molecule has 3 rings (SSSR count). The first-order chi connectivity index (χ1) is 10.2. The molecule has 1 aromatic heterocycles. The monoisotopic (exact) mass is 355 g/mol. The molecule has 0 spiro atoms. The highest BCUT2D eigenvalue weighted by Gasteiger charge is 2.21. The fourth-order valence-electron chi connectivity index (χ4n) is 2.89. The average molecular weight is 356 g/mol. The van der Waals surface area contributed by atoms with Crippen molar-refractivity contribution in [3.8, 4) is 0 Å². The Bertz CT molecular complexity index is 536. The molecule has 21 heavy (non-hydrogen) atoms. The number of hydrogen-bond acceptors (Lipinski definition) is 4. The van der Waals surface area contributed by atoms with Crippen molar-refractivity contribution in [2.75, 3.05) is 25.1 Å². The standard InChI is InChI=1S/C15H22BrN3O2/c16-13-8-18-19(9-11-3-1-4-11)15(20)14(13)17-7-12-5-2-6-21-10-12/h8,11-12,17H,1-7,9-10H2. The minimum absolute atomic E-state index is 0.0204. The van der Waals surface area contributed by atoms with Gasteiger partial charge in [-0.05, 0) is 53.4 Å². The maximum Gasteiger partial charge on any atom is 0.291 e. The Labute approximate surface area is 133 Å². The van der Waals surface area contributed by atoms with E-state index in [1.54, 1.807) is 10.9 Å². The van der Waals surface area contributed by atoms with Crippen molar-refractivity contribution in [3.05, 3.63) is 21.0 Å². The molecule has 1 aromatic rings. The van der Waals surface area contributed by atoms with Crippen LogP contribution in [0.3, 0.4) is 0 Å². The molecule has 2 fully saturated rings. The summed E-state index contributed by atoms with van der Waals surface area (Å²) in [5, 5.41) is 7.55. The van der Waals surface area contributed by atoms with Crippen LogP contribution in [0.2, 0.25) is 0 Å². The van der Waals surface area contributed by atoms with E-state index in [4.69, 9.17) is 4.74 Å². The zero-order valence-corrected chi connectivity index (χ0v) is 13.8. The summed E-state index contributed by atoms with van der Waals surface area (Å²) in [6.45, 7) is 3.17. The SMILES string of the molecule is O=c1c(NCC2CCCOC2)c(Br)cnn1CC1CCC1. The van der Waals surface area contributed by atoms with Gasteiger partial charge in [-0.15, -0.1) is 0 Å². The van der Waals surface area contributed by atoms with Crippen molar-refractivity contribution in [1.82, 2.24) is 9.78 Å². The molecule has 1 aliphatic heterocycles. The van der Waals surface area contributed by atoms with Gasteiger partial charge in [0.15, 0.2) is 0 Å². The number of aromatic nitrogens is 2. The molecule has 1 unspecified atom stereocenters. The third-order valence-electron chi connectivity index (χ3n) is 4.48. The third-order valence-corrected chi connectivity index (χ3v) is 5.08. The van der Waals surface area contributed by atoms with Crippen LogP contribution in [-0.2, 0) is 11.3 Å². The summed E-state index contributed by atoms with van der Waals surface area (Å²) in [5.41, 5.74) is 0.614. The fraction of sp³-hybridized carbons (Fsp3) is 0.733. The summed E-state index contributed by atoms with van der Waals surface area (Å²) in [6, 6.07) is 0. The molecule has 0 radical (unpaired) electrons. The molecule has 6 heteroatoms. The van der Waals surface area contributed by atoms with Crippen LogP contribution in [0.1, 0.15) is 32.1 Å². The van der Waals surface area contributed by atoms with Crippen molar-refractivity contribution in [2.24, 2.45) is 11.8 Å². The summed E-state index contributed by atoms with van der Waals surface area (Å²) >= 11 is 3.43. The largest absolute Gasteiger partial charge is 0.381 e. The molecule has 1 N–H and O–H groups in total. The van der Waals surface area contributed by atoms with E-state index < -0.39 is 0 Å². The highest BCUT2D eigenvalue weighted by molar-refractivity contribution is 9.10. The maximum atomic E-state index is 12.5. The van der Waals surface area contributed by atoms with E-state index in [1.165, 1.54) is 19.3 Å². The predicted molar refractivity (Wildman–Crippen MR) is 85.6 cm³/mol. The Morgan fingerprint density at radius 3 is 2.81 bits per heavy atom. The quantitative estimate of drug-likeness (QED) is 0.881. The second kappa shape index (κ2) is 6.92. The van der Waals surface area contributed by atoms with E-state index in [2.05, 4.69) is 26.3 Å². The minimum atomic E-state index is -0.0204. The molecule has 0 aromatic carbocycles. The Hall–Kier alpha value is -0.880. The van der Waals surface area contributed by atoms with Crippen LogP contribution >= 0.6 is 15.9 Å². The van der Waals surface area contributed by atoms with Gasteiger partial charge in [-0.3, -0.25) is 4.79 Å². The average Bonchev–Trinajstić information content (AvgIpc) is 2.45. The highest BCUT2D eigenvalue weighted by Crippen LogP contribution is 2.27. The zero-order chi connectivity index (χ0) is 14.7. The predicted octanol–water partition coefficient (Wildman–Crippen LogP) is 2.64. The zero-order valence-electron chi connectivity index (χ0n) is 12.2. The normalized spacial score (nSPS) is 22.8. The van der Waals surface area contributed by atoms with Crippen LogP contribution in [0.4, 0.5) is 5.69 Å². The number of hydrogen-bond donors (Lipinski definition) is 1. The molecule has 1 saturated heterocycles. The second-order valence-electron chi connectivity index (χ2n) is 6.12. The molecule has 0 bridgehead atoms. The van der Waals surface area contributed by atoms with Gasteiger partial charge >= 0.3 is 0 Å². The van der Waals surface area contributed by atoms with Crippen molar-refractivity contribution in [2.45, 2.75) is 38.6 Å². The maximum absolute atomic E-state index is 12.5. The molecular weight excluding hydrogens is 334 g/mol. The second-order valence-corrected chi connectivity index (χ2v) is 6.97. The minimum Gasteiger partial charge on any atom is -0.381 e. The Morgan fingerprint density at radius 1 is 1.33 bits per heavy atom. The van der Waals surface area contributed by atoms with Crippen LogP contribution in [0.5, 0.6) is 0 Å². The lowest BCUT2D eigenvalue weighted by atomic mass is 9.85. The molecule has 2 heterocycles. The number of nitrogens with one attached hydrogen (secondary N) is 1. The van der Waals surface area contributed by atoms with E-state index >= 15 is 0 Å². The van der Waals surface area contributed by atoms with E-state index in [-0.39, 0.29) is 5.56 Å². The fourth-order valence-corrected chi connectivity index (χ4v) is 3.29. The van der Waals surface area contributed by atoms with Gasteiger partial charge in [-0.2, -0.15) is 5.10 Å². The Morgan fingerprint density at radius 2 is 2.14 bits per heavy atom. The van der Waals surface area contributed by atoms with Crippen LogP contribution in [0, 0.1) is 11.8 Å². The lowest BCUT2D eigenvalue weighted by Gasteiger charge is -2.26. The topological polar surface area (TPSA) is 56.1 Å². The van der Waals surface area contributed by atoms with Crippen LogP contribution in [0.25, 0.3) is 0 Å². The molecule has 1 saturated carbocycles. The van der Waals surface area contributed by atoms with Gasteiger partial charge in [0.05, 0.1) is 17.3 Å². The van der Waals surface area contributed by atoms with Crippen LogP contribution < -0.4 is 10.9 Å². The van der Waals surface area contributed by atoms with Crippen molar-refractivity contribution in [3.63, 3.8) is 0 Å². The summed E-state index contributed by atoms with van der Waals surface area (Å²) in [4.78, 5) is 12.5. The van der Waals surface area contributed by atoms with Gasteiger partial charge in [0.2, 0.25) is 0 Å². The Balaban J connectivity index is 1.67. The number of halogens is 1. The lowest BCUT2D eigenvalue weighted by molar-refractivity contribution is 0.0595. The van der Waals surface area contributed by atoms with E-state index in [0.29, 0.717) is 17.5 Å². The number of anilines is 1. The summed E-state index contributed by atoms with van der Waals surface area (Å²) in [7, 11) is 0. The van der Waals surface area contributed by atoms with Gasteiger partial charge in [-0.1, -0.05) is 6.42 Å². The van der Waals surface area contributed by atoms with Gasteiger partial charge in [0, 0.05) is 19.7 Å². The molecular formula is C15H22BrN3O2. The van der Waals surface area contributed by atoms with Gasteiger partial charge in [-0.25, -0.2) is 4.68 Å². The summed E-state index contributed by atoms with van der Waals surface area (Å²) in [5.74, 6) is 1.11. The summed E-state index contributed by atoms with van der Waals surface area (Å²) < 4.78 is 7.83. The van der Waals surface area contributed by atoms with Gasteiger partial charge < -0.3 is 10.1 Å². The van der Waals surface area contributed by atoms with E-state index in [0.717, 1.165) is 43.6 Å². The van der Waals surface area contributed by atoms with Crippen molar-refractivity contribution in [1.29, 1.82) is 0 Å². The number of ether oxygens (including phenoxy) is 1. The molecule has 2 aliphatic rings. The summed E-state index contributed by atoms with van der Waals surface area (Å²) in [6.07, 6.45) is 7.70. The third kappa shape index (κ3) is 3.66. The highest BCUT2D eigenvalue weighted by atomic mass is 79.9. The first kappa shape index (κ1) is 15.0. The molecule has 0 amide bonds. The first-order valence-electron chi connectivity index (χ1n) is 7.81. The van der Waals surface area contributed by atoms with Crippen LogP contribution in [0.15, 0.2) is 15.5 Å². The van der Waals surface area contributed by atoms with Gasteiger partial charge in [0.1, 0.15) is 5.69 Å².